The second-order valence-electron chi connectivity index (χ2n) is 6.41. The SMILES string of the molecule is CC(C)NC(=O)NC(=O)COC(=O)c1ccc(N2CCCC2)c([N+](=O)[O-])c1. The van der Waals surface area contributed by atoms with Crippen molar-refractivity contribution < 1.29 is 24.0 Å². The Morgan fingerprint density at radius 1 is 1.26 bits per heavy atom. The maximum absolute atomic E-state index is 12.1. The maximum Gasteiger partial charge on any atom is 0.338 e. The number of esters is 1. The van der Waals surface area contributed by atoms with Crippen molar-refractivity contribution >= 4 is 29.3 Å². The number of hydrogen-bond acceptors (Lipinski definition) is 7. The summed E-state index contributed by atoms with van der Waals surface area (Å²) in [7, 11) is 0. The predicted octanol–water partition coefficient (Wildman–Crippen LogP) is 1.59. The molecule has 0 atom stereocenters. The van der Waals surface area contributed by atoms with Gasteiger partial charge < -0.3 is 15.0 Å². The molecule has 146 valence electrons. The highest BCUT2D eigenvalue weighted by Crippen LogP contribution is 2.31. The van der Waals surface area contributed by atoms with E-state index in [0.29, 0.717) is 5.69 Å². The van der Waals surface area contributed by atoms with E-state index in [-0.39, 0.29) is 17.3 Å². The number of urea groups is 1. The number of hydrogen-bond donors (Lipinski definition) is 2. The van der Waals surface area contributed by atoms with Crippen molar-refractivity contribution in [3.8, 4) is 0 Å². The van der Waals surface area contributed by atoms with E-state index in [9.17, 15) is 24.5 Å². The molecule has 0 bridgehead atoms. The van der Waals surface area contributed by atoms with Crippen LogP contribution in [0.25, 0.3) is 0 Å². The molecular formula is C17H22N4O6. The van der Waals surface area contributed by atoms with Crippen LogP contribution in [0.4, 0.5) is 16.2 Å². The Balaban J connectivity index is 1.99. The number of ether oxygens (including phenoxy) is 1. The molecule has 1 aliphatic heterocycles. The van der Waals surface area contributed by atoms with Gasteiger partial charge >= 0.3 is 12.0 Å². The fourth-order valence-corrected chi connectivity index (χ4v) is 2.70. The average Bonchev–Trinajstić information content (AvgIpc) is 3.12. The molecule has 27 heavy (non-hydrogen) atoms. The van der Waals surface area contributed by atoms with Gasteiger partial charge in [0, 0.05) is 25.2 Å². The Bertz CT molecular complexity index is 743. The van der Waals surface area contributed by atoms with Gasteiger partial charge in [-0.3, -0.25) is 20.2 Å². The third kappa shape index (κ3) is 5.66. The minimum atomic E-state index is -0.884. The van der Waals surface area contributed by atoms with Gasteiger partial charge in [0.05, 0.1) is 10.5 Å². The number of nitrogens with one attached hydrogen (secondary N) is 2. The lowest BCUT2D eigenvalue weighted by molar-refractivity contribution is -0.384. The molecule has 1 aliphatic rings. The standard InChI is InChI=1S/C17H22N4O6/c1-11(2)18-17(24)19-15(22)10-27-16(23)12-5-6-13(14(9-12)21(25)26)20-7-3-4-8-20/h5-6,9,11H,3-4,7-8,10H2,1-2H3,(H2,18,19,22,24). The van der Waals surface area contributed by atoms with Crippen LogP contribution in [-0.2, 0) is 9.53 Å². The van der Waals surface area contributed by atoms with Gasteiger partial charge in [-0.15, -0.1) is 0 Å². The molecular weight excluding hydrogens is 356 g/mol. The summed E-state index contributed by atoms with van der Waals surface area (Å²) in [5, 5.41) is 15.8. The van der Waals surface area contributed by atoms with E-state index in [4.69, 9.17) is 4.74 Å². The molecule has 10 heteroatoms. The van der Waals surface area contributed by atoms with Gasteiger partial charge in [-0.1, -0.05) is 0 Å². The van der Waals surface area contributed by atoms with E-state index in [1.807, 2.05) is 10.2 Å². The highest BCUT2D eigenvalue weighted by atomic mass is 16.6. The second kappa shape index (κ2) is 8.97. The fraction of sp³-hybridized carbons (Fsp3) is 0.471. The van der Waals surface area contributed by atoms with E-state index >= 15 is 0 Å². The van der Waals surface area contributed by atoms with Gasteiger partial charge in [0.2, 0.25) is 0 Å². The molecule has 2 rings (SSSR count). The molecule has 1 aromatic carbocycles. The van der Waals surface area contributed by atoms with Crippen molar-refractivity contribution in [2.24, 2.45) is 0 Å². The largest absolute Gasteiger partial charge is 0.452 e. The Kier molecular flexibility index (Phi) is 6.69. The van der Waals surface area contributed by atoms with Crippen LogP contribution in [0, 0.1) is 10.1 Å². The summed E-state index contributed by atoms with van der Waals surface area (Å²) < 4.78 is 4.83. The Hall–Kier alpha value is -3.17. The first kappa shape index (κ1) is 20.1. The molecule has 0 spiro atoms. The summed E-state index contributed by atoms with van der Waals surface area (Å²) in [6, 6.07) is 3.22. The van der Waals surface area contributed by atoms with Crippen LogP contribution in [0.2, 0.25) is 0 Å². The van der Waals surface area contributed by atoms with E-state index in [2.05, 4.69) is 5.32 Å². The van der Waals surface area contributed by atoms with Crippen molar-refractivity contribution in [3.05, 3.63) is 33.9 Å². The summed E-state index contributed by atoms with van der Waals surface area (Å²) in [6.07, 6.45) is 1.92. The third-order valence-electron chi connectivity index (χ3n) is 3.86. The molecule has 2 N–H and O–H groups in total. The number of nitro benzene ring substituents is 1. The van der Waals surface area contributed by atoms with Crippen LogP contribution in [0.5, 0.6) is 0 Å². The molecule has 1 aromatic rings. The molecule has 0 aromatic heterocycles. The Morgan fingerprint density at radius 2 is 1.93 bits per heavy atom. The summed E-state index contributed by atoms with van der Waals surface area (Å²) in [6.45, 7) is 4.23. The van der Waals surface area contributed by atoms with Crippen LogP contribution in [0.15, 0.2) is 18.2 Å². The molecule has 10 nitrogen and oxygen atoms in total. The number of carbonyl (C=O) groups excluding carboxylic acids is 3. The predicted molar refractivity (Wildman–Crippen MR) is 96.6 cm³/mol. The van der Waals surface area contributed by atoms with Crippen molar-refractivity contribution in [1.82, 2.24) is 10.6 Å². The van der Waals surface area contributed by atoms with Crippen molar-refractivity contribution in [2.75, 3.05) is 24.6 Å². The zero-order valence-corrected chi connectivity index (χ0v) is 15.2. The Labute approximate surface area is 156 Å². The lowest BCUT2D eigenvalue weighted by Gasteiger charge is -2.17. The highest BCUT2D eigenvalue weighted by molar-refractivity contribution is 5.97. The average molecular weight is 378 g/mol. The quantitative estimate of drug-likeness (QED) is 0.436. The topological polar surface area (TPSA) is 131 Å². The normalized spacial score (nSPS) is 13.4. The molecule has 3 amide bonds. The first-order chi connectivity index (χ1) is 12.8. The lowest BCUT2D eigenvalue weighted by atomic mass is 10.1. The van der Waals surface area contributed by atoms with Crippen molar-refractivity contribution in [1.29, 1.82) is 0 Å². The summed E-state index contributed by atoms with van der Waals surface area (Å²) in [5.41, 5.74) is 0.230. The van der Waals surface area contributed by atoms with Gasteiger partial charge in [0.1, 0.15) is 5.69 Å². The summed E-state index contributed by atoms with van der Waals surface area (Å²) >= 11 is 0. The van der Waals surface area contributed by atoms with Gasteiger partial charge in [-0.05, 0) is 38.8 Å². The molecule has 0 unspecified atom stereocenters. The fourth-order valence-electron chi connectivity index (χ4n) is 2.70. The van der Waals surface area contributed by atoms with Crippen LogP contribution in [-0.4, -0.2) is 48.6 Å². The minimum Gasteiger partial charge on any atom is -0.452 e. The summed E-state index contributed by atoms with van der Waals surface area (Å²) in [4.78, 5) is 47.8. The lowest BCUT2D eigenvalue weighted by Crippen LogP contribution is -2.44. The monoisotopic (exact) mass is 378 g/mol. The van der Waals surface area contributed by atoms with Gasteiger partial charge in [0.15, 0.2) is 6.61 Å². The van der Waals surface area contributed by atoms with E-state index in [0.717, 1.165) is 32.0 Å². The zero-order valence-electron chi connectivity index (χ0n) is 15.2. The smallest absolute Gasteiger partial charge is 0.338 e. The number of amides is 3. The van der Waals surface area contributed by atoms with Crippen LogP contribution >= 0.6 is 0 Å². The van der Waals surface area contributed by atoms with E-state index in [1.54, 1.807) is 13.8 Å². The number of nitro groups is 1. The van der Waals surface area contributed by atoms with Crippen LogP contribution in [0.1, 0.15) is 37.0 Å². The highest BCUT2D eigenvalue weighted by Gasteiger charge is 2.24. The second-order valence-corrected chi connectivity index (χ2v) is 6.41. The number of carbonyl (C=O) groups is 3. The van der Waals surface area contributed by atoms with Crippen molar-refractivity contribution in [2.45, 2.75) is 32.7 Å². The van der Waals surface area contributed by atoms with Crippen molar-refractivity contribution in [3.63, 3.8) is 0 Å². The molecule has 1 heterocycles. The number of imide groups is 1. The number of anilines is 1. The molecule has 1 saturated heterocycles. The molecule has 1 fully saturated rings. The van der Waals surface area contributed by atoms with E-state index in [1.165, 1.54) is 12.1 Å². The number of benzene rings is 1. The minimum absolute atomic E-state index is 0.0379. The first-order valence-electron chi connectivity index (χ1n) is 8.58. The zero-order chi connectivity index (χ0) is 20.0. The number of nitrogens with zero attached hydrogens (tertiary/aromatic N) is 2. The van der Waals surface area contributed by atoms with Gasteiger partial charge in [-0.2, -0.15) is 0 Å². The summed E-state index contributed by atoms with van der Waals surface area (Å²) in [5.74, 6) is -1.69. The van der Waals surface area contributed by atoms with Crippen LogP contribution < -0.4 is 15.5 Å². The number of rotatable bonds is 6. The Morgan fingerprint density at radius 3 is 2.52 bits per heavy atom. The molecule has 0 aliphatic carbocycles. The maximum atomic E-state index is 12.1. The molecule has 0 radical (unpaired) electrons. The molecule has 0 saturated carbocycles. The van der Waals surface area contributed by atoms with Gasteiger partial charge in [0.25, 0.3) is 11.6 Å². The van der Waals surface area contributed by atoms with E-state index < -0.39 is 29.4 Å². The van der Waals surface area contributed by atoms with Crippen LogP contribution in [0.3, 0.4) is 0 Å². The third-order valence-corrected chi connectivity index (χ3v) is 3.86. The van der Waals surface area contributed by atoms with Gasteiger partial charge in [-0.25, -0.2) is 9.59 Å². The first-order valence-corrected chi connectivity index (χ1v) is 8.58.